The molecule has 1 aliphatic rings. The summed E-state index contributed by atoms with van der Waals surface area (Å²) in [5.74, 6) is -1.49. The SMILES string of the molecule is COc1cc(-c2cccc(-c3cccc(NC(=O)c4ccccn4)c3C)c2C)cc(F)c1CN1CCC[C@H](C(=O)O)C1. The first kappa shape index (κ1) is 29.0. The summed E-state index contributed by atoms with van der Waals surface area (Å²) in [4.78, 5) is 30.4. The zero-order chi connectivity index (χ0) is 29.8. The Labute approximate surface area is 245 Å². The number of nitrogens with zero attached hydrogens (tertiary/aromatic N) is 2. The fraction of sp³-hybridized carbons (Fsp3) is 0.265. The predicted molar refractivity (Wildman–Crippen MR) is 161 cm³/mol. The number of carbonyl (C=O) groups is 2. The second-order valence-electron chi connectivity index (χ2n) is 10.7. The number of pyridine rings is 1. The van der Waals surface area contributed by atoms with Crippen LogP contribution in [0.25, 0.3) is 22.3 Å². The number of carboxylic acid groups (broad SMARTS) is 1. The summed E-state index contributed by atoms with van der Waals surface area (Å²) in [6.45, 7) is 5.36. The smallest absolute Gasteiger partial charge is 0.307 e. The summed E-state index contributed by atoms with van der Waals surface area (Å²) in [5, 5.41) is 12.4. The number of aliphatic carboxylic acids is 1. The molecule has 2 heterocycles. The number of hydrogen-bond acceptors (Lipinski definition) is 5. The molecule has 0 radical (unpaired) electrons. The number of nitrogens with one attached hydrogen (secondary N) is 1. The van der Waals surface area contributed by atoms with Crippen molar-refractivity contribution < 1.29 is 23.8 Å². The Morgan fingerprint density at radius 3 is 2.48 bits per heavy atom. The first-order chi connectivity index (χ1) is 20.3. The van der Waals surface area contributed by atoms with Crippen molar-refractivity contribution in [2.75, 3.05) is 25.5 Å². The molecule has 1 fully saturated rings. The summed E-state index contributed by atoms with van der Waals surface area (Å²) in [6, 6.07) is 20.2. The van der Waals surface area contributed by atoms with Crippen molar-refractivity contribution in [3.8, 4) is 28.0 Å². The molecule has 4 aromatic rings. The van der Waals surface area contributed by atoms with E-state index in [0.717, 1.165) is 40.8 Å². The molecule has 42 heavy (non-hydrogen) atoms. The highest BCUT2D eigenvalue weighted by molar-refractivity contribution is 6.03. The van der Waals surface area contributed by atoms with Crippen LogP contribution in [0.2, 0.25) is 0 Å². The molecule has 1 atom stereocenters. The minimum Gasteiger partial charge on any atom is -0.496 e. The summed E-state index contributed by atoms with van der Waals surface area (Å²) < 4.78 is 21.3. The van der Waals surface area contributed by atoms with Crippen LogP contribution in [0, 0.1) is 25.6 Å². The minimum absolute atomic E-state index is 0.285. The molecular weight excluding hydrogens is 533 g/mol. The quantitative estimate of drug-likeness (QED) is 0.245. The van der Waals surface area contributed by atoms with E-state index in [4.69, 9.17) is 4.74 Å². The van der Waals surface area contributed by atoms with Gasteiger partial charge in [-0.25, -0.2) is 4.39 Å². The average Bonchev–Trinajstić information content (AvgIpc) is 3.00. The molecule has 7 nitrogen and oxygen atoms in total. The highest BCUT2D eigenvalue weighted by atomic mass is 19.1. The standard InChI is InChI=1S/C34H34FN3O4/c1-21-25(24-17-29(35)28(32(18-24)42-3)20-38-16-8-9-23(19-38)34(40)41)10-6-11-26(21)27-12-7-14-30(22(27)2)37-33(39)31-13-4-5-15-36-31/h4-7,10-15,17-18,23H,8-9,16,19-20H2,1-3H3,(H,37,39)(H,40,41)/t23-/m0/s1. The van der Waals surface area contributed by atoms with Gasteiger partial charge in [0.05, 0.1) is 13.0 Å². The highest BCUT2D eigenvalue weighted by Crippen LogP contribution is 2.38. The van der Waals surface area contributed by atoms with Gasteiger partial charge in [-0.2, -0.15) is 0 Å². The van der Waals surface area contributed by atoms with E-state index in [1.54, 1.807) is 24.4 Å². The molecular formula is C34H34FN3O4. The number of carbonyl (C=O) groups excluding carboxylic acids is 1. The van der Waals surface area contributed by atoms with E-state index >= 15 is 4.39 Å². The van der Waals surface area contributed by atoms with Gasteiger partial charge in [-0.05, 0) is 96.9 Å². The maximum atomic E-state index is 15.7. The van der Waals surface area contributed by atoms with E-state index < -0.39 is 11.9 Å². The van der Waals surface area contributed by atoms with Gasteiger partial charge in [0.25, 0.3) is 5.91 Å². The maximum absolute atomic E-state index is 15.7. The van der Waals surface area contributed by atoms with Crippen molar-refractivity contribution in [1.29, 1.82) is 0 Å². The van der Waals surface area contributed by atoms with Crippen molar-refractivity contribution in [3.63, 3.8) is 0 Å². The molecule has 0 aliphatic carbocycles. The Hall–Kier alpha value is -4.56. The van der Waals surface area contributed by atoms with Crippen LogP contribution in [0.1, 0.15) is 40.0 Å². The van der Waals surface area contributed by atoms with Crippen molar-refractivity contribution in [3.05, 3.63) is 101 Å². The topological polar surface area (TPSA) is 91.8 Å². The van der Waals surface area contributed by atoms with Crippen LogP contribution >= 0.6 is 0 Å². The van der Waals surface area contributed by atoms with Crippen LogP contribution in [0.15, 0.2) is 72.9 Å². The molecule has 3 aromatic carbocycles. The second kappa shape index (κ2) is 12.5. The number of likely N-dealkylation sites (tertiary alicyclic amines) is 1. The van der Waals surface area contributed by atoms with Crippen LogP contribution < -0.4 is 10.1 Å². The number of benzene rings is 3. The zero-order valence-corrected chi connectivity index (χ0v) is 24.0. The fourth-order valence-electron chi connectivity index (χ4n) is 5.71. The number of halogens is 1. The number of amides is 1. The molecule has 216 valence electrons. The van der Waals surface area contributed by atoms with Crippen LogP contribution in [0.4, 0.5) is 10.1 Å². The van der Waals surface area contributed by atoms with Crippen molar-refractivity contribution in [1.82, 2.24) is 9.88 Å². The lowest BCUT2D eigenvalue weighted by molar-refractivity contribution is -0.143. The third kappa shape index (κ3) is 6.04. The molecule has 0 unspecified atom stereocenters. The van der Waals surface area contributed by atoms with Crippen molar-refractivity contribution >= 4 is 17.6 Å². The molecule has 1 amide bonds. The Morgan fingerprint density at radius 2 is 1.76 bits per heavy atom. The number of methoxy groups -OCH3 is 1. The Morgan fingerprint density at radius 1 is 1.02 bits per heavy atom. The Kier molecular flexibility index (Phi) is 8.64. The zero-order valence-electron chi connectivity index (χ0n) is 24.0. The summed E-state index contributed by atoms with van der Waals surface area (Å²) in [6.07, 6.45) is 2.98. The van der Waals surface area contributed by atoms with Crippen LogP contribution in [-0.2, 0) is 11.3 Å². The van der Waals surface area contributed by atoms with Gasteiger partial charge >= 0.3 is 5.97 Å². The number of aromatic nitrogens is 1. The van der Waals surface area contributed by atoms with Gasteiger partial charge in [0.15, 0.2) is 0 Å². The van der Waals surface area contributed by atoms with Gasteiger partial charge in [-0.1, -0.05) is 36.4 Å². The van der Waals surface area contributed by atoms with Crippen LogP contribution in [-0.4, -0.2) is 47.1 Å². The molecule has 5 rings (SSSR count). The molecule has 0 spiro atoms. The van der Waals surface area contributed by atoms with Crippen LogP contribution in [0.3, 0.4) is 0 Å². The van der Waals surface area contributed by atoms with Gasteiger partial charge < -0.3 is 15.2 Å². The van der Waals surface area contributed by atoms with Crippen molar-refractivity contribution in [2.45, 2.75) is 33.2 Å². The lowest BCUT2D eigenvalue weighted by atomic mass is 9.90. The number of hydrogen-bond donors (Lipinski definition) is 2. The summed E-state index contributed by atoms with van der Waals surface area (Å²) >= 11 is 0. The second-order valence-corrected chi connectivity index (χ2v) is 10.7. The van der Waals surface area contributed by atoms with Gasteiger partial charge in [-0.15, -0.1) is 0 Å². The predicted octanol–water partition coefficient (Wildman–Crippen LogP) is 6.73. The van der Waals surface area contributed by atoms with Gasteiger partial charge in [0.1, 0.15) is 17.3 Å². The number of rotatable bonds is 8. The summed E-state index contributed by atoms with van der Waals surface area (Å²) in [5.41, 5.74) is 6.79. The molecule has 1 aliphatic heterocycles. The molecule has 8 heteroatoms. The lowest BCUT2D eigenvalue weighted by Crippen LogP contribution is -2.38. The number of carboxylic acids is 1. The third-order valence-corrected chi connectivity index (χ3v) is 8.03. The third-order valence-electron chi connectivity index (χ3n) is 8.03. The maximum Gasteiger partial charge on any atom is 0.307 e. The van der Waals surface area contributed by atoms with Gasteiger partial charge in [0.2, 0.25) is 0 Å². The molecule has 2 N–H and O–H groups in total. The van der Waals surface area contributed by atoms with E-state index in [1.165, 1.54) is 13.2 Å². The number of anilines is 1. The monoisotopic (exact) mass is 567 g/mol. The number of ether oxygens (including phenoxy) is 1. The Bertz CT molecular complexity index is 1620. The first-order valence-corrected chi connectivity index (χ1v) is 14.0. The minimum atomic E-state index is -0.811. The van der Waals surface area contributed by atoms with E-state index in [-0.39, 0.29) is 18.3 Å². The molecule has 1 saturated heterocycles. The highest BCUT2D eigenvalue weighted by Gasteiger charge is 2.27. The molecule has 0 bridgehead atoms. The normalized spacial score (nSPS) is 15.3. The largest absolute Gasteiger partial charge is 0.496 e. The van der Waals surface area contributed by atoms with Crippen LogP contribution in [0.5, 0.6) is 5.75 Å². The molecule has 1 aromatic heterocycles. The first-order valence-electron chi connectivity index (χ1n) is 14.0. The fourth-order valence-corrected chi connectivity index (χ4v) is 5.71. The Balaban J connectivity index is 1.45. The number of piperidine rings is 1. The van der Waals surface area contributed by atoms with E-state index in [0.29, 0.717) is 41.2 Å². The van der Waals surface area contributed by atoms with Crippen molar-refractivity contribution in [2.24, 2.45) is 5.92 Å². The molecule has 0 saturated carbocycles. The van der Waals surface area contributed by atoms with E-state index in [1.807, 2.05) is 61.2 Å². The summed E-state index contributed by atoms with van der Waals surface area (Å²) in [7, 11) is 1.52. The average molecular weight is 568 g/mol. The van der Waals surface area contributed by atoms with E-state index in [2.05, 4.69) is 10.3 Å². The van der Waals surface area contributed by atoms with E-state index in [9.17, 15) is 14.7 Å². The lowest BCUT2D eigenvalue weighted by Gasteiger charge is -2.31. The van der Waals surface area contributed by atoms with Gasteiger partial charge in [-0.3, -0.25) is 19.5 Å². The van der Waals surface area contributed by atoms with Gasteiger partial charge in [0, 0.05) is 30.5 Å².